The summed E-state index contributed by atoms with van der Waals surface area (Å²) in [5, 5.41) is 5.28. The molecule has 10 rings (SSSR count). The first-order valence-corrected chi connectivity index (χ1v) is 16.8. The molecule has 0 N–H and O–H groups in total. The maximum absolute atomic E-state index is 6.57. The molecule has 0 bridgehead atoms. The zero-order valence-corrected chi connectivity index (χ0v) is 26.4. The van der Waals surface area contributed by atoms with Crippen molar-refractivity contribution < 1.29 is 8.83 Å². The Bertz CT molecular complexity index is 2780. The lowest BCUT2D eigenvalue weighted by molar-refractivity contribution is 0.667. The van der Waals surface area contributed by atoms with Gasteiger partial charge in [-0.15, -0.1) is 11.3 Å². The van der Waals surface area contributed by atoms with E-state index in [1.807, 2.05) is 24.3 Å². The van der Waals surface area contributed by atoms with Crippen LogP contribution in [0.25, 0.3) is 75.8 Å². The third-order valence-electron chi connectivity index (χ3n) is 9.11. The molecule has 0 radical (unpaired) electrons. The molecular formula is C43H26N2O2S. The van der Waals surface area contributed by atoms with Crippen molar-refractivity contribution in [1.29, 1.82) is 0 Å². The third kappa shape index (κ3) is 4.25. The van der Waals surface area contributed by atoms with E-state index in [2.05, 4.69) is 138 Å². The SMILES string of the molecule is c1ccc(-c2ccc(N(c3ccc4c(c3)oc3ccc5sc(-c6ccccc6)nc5c34)c3cccc4c3oc3ccccc34)cc2)cc1. The van der Waals surface area contributed by atoms with Gasteiger partial charge in [0, 0.05) is 33.5 Å². The molecule has 3 heterocycles. The molecule has 0 spiro atoms. The summed E-state index contributed by atoms with van der Waals surface area (Å²) in [6, 6.07) is 54.8. The minimum absolute atomic E-state index is 0.812. The highest BCUT2D eigenvalue weighted by atomic mass is 32.1. The van der Waals surface area contributed by atoms with Gasteiger partial charge in [-0.2, -0.15) is 0 Å². The molecule has 3 aromatic heterocycles. The normalized spacial score (nSPS) is 11.8. The van der Waals surface area contributed by atoms with Gasteiger partial charge in [-0.1, -0.05) is 103 Å². The van der Waals surface area contributed by atoms with Crippen molar-refractivity contribution in [3.8, 4) is 21.7 Å². The van der Waals surface area contributed by atoms with Gasteiger partial charge in [-0.05, 0) is 59.7 Å². The van der Waals surface area contributed by atoms with E-state index in [-0.39, 0.29) is 0 Å². The first kappa shape index (κ1) is 27.0. The van der Waals surface area contributed by atoms with Crippen LogP contribution in [0, 0.1) is 0 Å². The van der Waals surface area contributed by atoms with Gasteiger partial charge in [0.15, 0.2) is 5.58 Å². The summed E-state index contributed by atoms with van der Waals surface area (Å²) in [6.07, 6.45) is 0. The van der Waals surface area contributed by atoms with Gasteiger partial charge in [0.1, 0.15) is 21.8 Å². The number of rotatable bonds is 5. The number of benzene rings is 7. The van der Waals surface area contributed by atoms with Crippen molar-refractivity contribution >= 4 is 82.5 Å². The summed E-state index contributed by atoms with van der Waals surface area (Å²) in [4.78, 5) is 7.37. The molecule has 0 unspecified atom stereocenters. The van der Waals surface area contributed by atoms with Gasteiger partial charge in [0.05, 0.1) is 27.0 Å². The minimum atomic E-state index is 0.812. The molecule has 0 fully saturated rings. The van der Waals surface area contributed by atoms with E-state index < -0.39 is 0 Å². The fourth-order valence-corrected chi connectivity index (χ4v) is 7.83. The molecular weight excluding hydrogens is 609 g/mol. The molecule has 226 valence electrons. The van der Waals surface area contributed by atoms with E-state index in [0.29, 0.717) is 0 Å². The van der Waals surface area contributed by atoms with Gasteiger partial charge in [0.25, 0.3) is 0 Å². The van der Waals surface area contributed by atoms with E-state index in [1.54, 1.807) is 11.3 Å². The first-order valence-electron chi connectivity index (χ1n) is 16.0. The van der Waals surface area contributed by atoms with Gasteiger partial charge < -0.3 is 13.7 Å². The van der Waals surface area contributed by atoms with E-state index in [0.717, 1.165) is 87.3 Å². The lowest BCUT2D eigenvalue weighted by Gasteiger charge is -2.25. The molecule has 0 saturated heterocycles. The van der Waals surface area contributed by atoms with Gasteiger partial charge in [0.2, 0.25) is 0 Å². The van der Waals surface area contributed by atoms with Crippen LogP contribution >= 0.6 is 11.3 Å². The third-order valence-corrected chi connectivity index (χ3v) is 10.2. The number of para-hydroxylation sites is 2. The quantitative estimate of drug-likeness (QED) is 0.189. The average Bonchev–Trinajstić information content (AvgIpc) is 3.86. The number of fused-ring (bicyclic) bond motifs is 8. The predicted octanol–water partition coefficient (Wildman–Crippen LogP) is 12.9. The van der Waals surface area contributed by atoms with Crippen LogP contribution in [0.1, 0.15) is 0 Å². The summed E-state index contributed by atoms with van der Waals surface area (Å²) in [6.45, 7) is 0. The summed E-state index contributed by atoms with van der Waals surface area (Å²) in [7, 11) is 0. The Labute approximate surface area is 279 Å². The van der Waals surface area contributed by atoms with E-state index in [1.165, 1.54) is 5.56 Å². The van der Waals surface area contributed by atoms with Crippen molar-refractivity contribution in [2.45, 2.75) is 0 Å². The smallest absolute Gasteiger partial charge is 0.159 e. The predicted molar refractivity (Wildman–Crippen MR) is 200 cm³/mol. The van der Waals surface area contributed by atoms with Gasteiger partial charge in [-0.3, -0.25) is 0 Å². The van der Waals surface area contributed by atoms with Crippen molar-refractivity contribution in [2.75, 3.05) is 4.90 Å². The number of hydrogen-bond donors (Lipinski definition) is 0. The molecule has 4 nitrogen and oxygen atoms in total. The largest absolute Gasteiger partial charge is 0.456 e. The van der Waals surface area contributed by atoms with Crippen molar-refractivity contribution in [2.24, 2.45) is 0 Å². The fourth-order valence-electron chi connectivity index (χ4n) is 6.85. The Balaban J connectivity index is 1.17. The molecule has 0 atom stereocenters. The molecule has 0 aliphatic heterocycles. The number of nitrogens with zero attached hydrogens (tertiary/aromatic N) is 2. The molecule has 10 aromatic rings. The highest BCUT2D eigenvalue weighted by molar-refractivity contribution is 7.21. The Morgan fingerprint density at radius 3 is 2.02 bits per heavy atom. The minimum Gasteiger partial charge on any atom is -0.456 e. The maximum Gasteiger partial charge on any atom is 0.159 e. The van der Waals surface area contributed by atoms with Crippen molar-refractivity contribution in [3.05, 3.63) is 158 Å². The Morgan fingerprint density at radius 1 is 0.479 bits per heavy atom. The maximum atomic E-state index is 6.57. The second kappa shape index (κ2) is 10.7. The molecule has 0 aliphatic carbocycles. The van der Waals surface area contributed by atoms with Crippen LogP contribution < -0.4 is 4.90 Å². The lowest BCUT2D eigenvalue weighted by atomic mass is 10.0. The first-order chi connectivity index (χ1) is 23.8. The molecule has 7 aromatic carbocycles. The van der Waals surface area contributed by atoms with E-state index in [9.17, 15) is 0 Å². The Hall–Kier alpha value is -6.17. The number of anilines is 3. The summed E-state index contributed by atoms with van der Waals surface area (Å²) >= 11 is 1.71. The monoisotopic (exact) mass is 634 g/mol. The van der Waals surface area contributed by atoms with Crippen LogP contribution in [0.15, 0.2) is 167 Å². The second-order valence-electron chi connectivity index (χ2n) is 12.0. The number of furan rings is 2. The average molecular weight is 635 g/mol. The fraction of sp³-hybridized carbons (Fsp3) is 0. The van der Waals surface area contributed by atoms with Crippen LogP contribution in [0.2, 0.25) is 0 Å². The molecule has 0 saturated carbocycles. The van der Waals surface area contributed by atoms with E-state index >= 15 is 0 Å². The topological polar surface area (TPSA) is 42.4 Å². The highest BCUT2D eigenvalue weighted by Gasteiger charge is 2.22. The second-order valence-corrected chi connectivity index (χ2v) is 13.0. The molecule has 0 amide bonds. The van der Waals surface area contributed by atoms with Crippen LogP contribution in [-0.2, 0) is 0 Å². The number of aromatic nitrogens is 1. The van der Waals surface area contributed by atoms with Crippen LogP contribution in [0.5, 0.6) is 0 Å². The zero-order chi connectivity index (χ0) is 31.6. The van der Waals surface area contributed by atoms with Crippen molar-refractivity contribution in [1.82, 2.24) is 4.98 Å². The molecule has 48 heavy (non-hydrogen) atoms. The molecule has 0 aliphatic rings. The van der Waals surface area contributed by atoms with E-state index in [4.69, 9.17) is 13.8 Å². The highest BCUT2D eigenvalue weighted by Crippen LogP contribution is 2.45. The number of thiazole rings is 1. The molecule has 5 heteroatoms. The van der Waals surface area contributed by atoms with Gasteiger partial charge >= 0.3 is 0 Å². The lowest BCUT2D eigenvalue weighted by Crippen LogP contribution is -2.10. The Kier molecular flexibility index (Phi) is 6.01. The van der Waals surface area contributed by atoms with Gasteiger partial charge in [-0.25, -0.2) is 4.98 Å². The Morgan fingerprint density at radius 2 is 1.19 bits per heavy atom. The zero-order valence-electron chi connectivity index (χ0n) is 25.6. The summed E-state index contributed by atoms with van der Waals surface area (Å²) < 4.78 is 14.3. The van der Waals surface area contributed by atoms with Crippen LogP contribution in [-0.4, -0.2) is 4.98 Å². The number of hydrogen-bond acceptors (Lipinski definition) is 5. The van der Waals surface area contributed by atoms with Crippen LogP contribution in [0.3, 0.4) is 0 Å². The van der Waals surface area contributed by atoms with Crippen LogP contribution in [0.4, 0.5) is 17.1 Å². The summed E-state index contributed by atoms with van der Waals surface area (Å²) in [5.41, 5.74) is 10.7. The summed E-state index contributed by atoms with van der Waals surface area (Å²) in [5.74, 6) is 0. The van der Waals surface area contributed by atoms with Crippen molar-refractivity contribution in [3.63, 3.8) is 0 Å². The standard InChI is InChI=1S/C43H26N2O2S/c1-3-10-27(11-4-1)28-18-20-30(21-19-28)45(35-16-9-15-33-32-14-7-8-17-36(32)47-42(33)35)31-22-23-34-38(26-31)46-37-24-25-39-41(40(34)37)44-43(48-39)29-12-5-2-6-13-29/h1-26H.